The van der Waals surface area contributed by atoms with Gasteiger partial charge in [0.1, 0.15) is 5.82 Å². The fraction of sp³-hybridized carbons (Fsp3) is 0.500. The van der Waals surface area contributed by atoms with Gasteiger partial charge in [0.25, 0.3) is 0 Å². The molecule has 3 rings (SSSR count). The SMILES string of the molecule is CO[C@@H]1CCOC[C@H]1n1ccnc1-c1ccc(C)s1. The van der Waals surface area contributed by atoms with Gasteiger partial charge in [-0.2, -0.15) is 0 Å². The van der Waals surface area contributed by atoms with E-state index in [0.29, 0.717) is 6.61 Å². The lowest BCUT2D eigenvalue weighted by atomic mass is 10.1. The van der Waals surface area contributed by atoms with Crippen LogP contribution in [0, 0.1) is 6.92 Å². The van der Waals surface area contributed by atoms with E-state index in [1.54, 1.807) is 18.4 Å². The van der Waals surface area contributed by atoms with Crippen molar-refractivity contribution in [3.63, 3.8) is 0 Å². The van der Waals surface area contributed by atoms with Gasteiger partial charge in [0.15, 0.2) is 0 Å². The van der Waals surface area contributed by atoms with Crippen LogP contribution in [0.15, 0.2) is 24.5 Å². The summed E-state index contributed by atoms with van der Waals surface area (Å²) in [5, 5.41) is 0. The molecule has 0 bridgehead atoms. The molecule has 0 radical (unpaired) electrons. The molecule has 1 aliphatic heterocycles. The van der Waals surface area contributed by atoms with Crippen LogP contribution in [0.4, 0.5) is 0 Å². The molecule has 3 heterocycles. The van der Waals surface area contributed by atoms with Gasteiger partial charge in [-0.05, 0) is 25.5 Å². The predicted molar refractivity (Wildman–Crippen MR) is 75.5 cm³/mol. The van der Waals surface area contributed by atoms with Crippen LogP contribution in [-0.2, 0) is 9.47 Å². The molecular formula is C14H18N2O2S. The van der Waals surface area contributed by atoms with Crippen LogP contribution in [-0.4, -0.2) is 36.0 Å². The largest absolute Gasteiger partial charge is 0.379 e. The number of hydrogen-bond acceptors (Lipinski definition) is 4. The van der Waals surface area contributed by atoms with Crippen molar-refractivity contribution in [2.45, 2.75) is 25.5 Å². The maximum absolute atomic E-state index is 5.61. The summed E-state index contributed by atoms with van der Waals surface area (Å²) in [7, 11) is 1.77. The minimum Gasteiger partial charge on any atom is -0.379 e. The maximum atomic E-state index is 5.61. The third-order valence-electron chi connectivity index (χ3n) is 3.55. The number of nitrogens with zero attached hydrogens (tertiary/aromatic N) is 2. The molecular weight excluding hydrogens is 260 g/mol. The molecule has 19 heavy (non-hydrogen) atoms. The number of methoxy groups -OCH3 is 1. The first-order valence-corrected chi connectivity index (χ1v) is 7.31. The summed E-state index contributed by atoms with van der Waals surface area (Å²) in [5.41, 5.74) is 0. The summed E-state index contributed by atoms with van der Waals surface area (Å²) >= 11 is 1.77. The Bertz CT molecular complexity index is 549. The summed E-state index contributed by atoms with van der Waals surface area (Å²) in [6.45, 7) is 3.58. The van der Waals surface area contributed by atoms with E-state index in [0.717, 1.165) is 18.9 Å². The molecule has 0 N–H and O–H groups in total. The highest BCUT2D eigenvalue weighted by molar-refractivity contribution is 7.15. The zero-order valence-electron chi connectivity index (χ0n) is 11.2. The van der Waals surface area contributed by atoms with E-state index in [-0.39, 0.29) is 12.1 Å². The normalized spacial score (nSPS) is 23.7. The van der Waals surface area contributed by atoms with Crippen molar-refractivity contribution in [3.05, 3.63) is 29.4 Å². The molecule has 2 aromatic rings. The summed E-state index contributed by atoms with van der Waals surface area (Å²) in [6, 6.07) is 4.47. The smallest absolute Gasteiger partial charge is 0.150 e. The van der Waals surface area contributed by atoms with Gasteiger partial charge in [0.2, 0.25) is 0 Å². The third kappa shape index (κ3) is 2.45. The number of aromatic nitrogens is 2. The summed E-state index contributed by atoms with van der Waals surface area (Å²) in [5.74, 6) is 1.01. The van der Waals surface area contributed by atoms with E-state index in [9.17, 15) is 0 Å². The van der Waals surface area contributed by atoms with Crippen molar-refractivity contribution in [1.29, 1.82) is 0 Å². The number of rotatable bonds is 3. The average molecular weight is 278 g/mol. The molecule has 0 aliphatic carbocycles. The average Bonchev–Trinajstić information content (AvgIpc) is 3.06. The number of aryl methyl sites for hydroxylation is 1. The van der Waals surface area contributed by atoms with E-state index < -0.39 is 0 Å². The first-order chi connectivity index (χ1) is 9.29. The molecule has 0 amide bonds. The van der Waals surface area contributed by atoms with E-state index in [1.165, 1.54) is 9.75 Å². The van der Waals surface area contributed by atoms with Crippen LogP contribution in [0.5, 0.6) is 0 Å². The van der Waals surface area contributed by atoms with Crippen molar-refractivity contribution >= 4 is 11.3 Å². The Morgan fingerprint density at radius 2 is 2.37 bits per heavy atom. The van der Waals surface area contributed by atoms with Gasteiger partial charge < -0.3 is 14.0 Å². The molecule has 0 aromatic carbocycles. The van der Waals surface area contributed by atoms with Gasteiger partial charge in [0, 0.05) is 31.0 Å². The van der Waals surface area contributed by atoms with Crippen molar-refractivity contribution in [1.82, 2.24) is 9.55 Å². The van der Waals surface area contributed by atoms with Crippen molar-refractivity contribution in [2.24, 2.45) is 0 Å². The Morgan fingerprint density at radius 1 is 1.47 bits per heavy atom. The molecule has 2 aromatic heterocycles. The van der Waals surface area contributed by atoms with Gasteiger partial charge in [-0.15, -0.1) is 11.3 Å². The lowest BCUT2D eigenvalue weighted by molar-refractivity contribution is -0.0492. The molecule has 1 saturated heterocycles. The van der Waals surface area contributed by atoms with Crippen LogP contribution in [0.25, 0.3) is 10.7 Å². The second-order valence-electron chi connectivity index (χ2n) is 4.77. The van der Waals surface area contributed by atoms with Gasteiger partial charge in [-0.1, -0.05) is 0 Å². The zero-order valence-corrected chi connectivity index (χ0v) is 12.0. The second kappa shape index (κ2) is 5.45. The molecule has 2 atom stereocenters. The van der Waals surface area contributed by atoms with E-state index >= 15 is 0 Å². The standard InChI is InChI=1S/C14H18N2O2S/c1-10-3-4-13(19-10)14-15-6-7-16(14)11-9-18-8-5-12(11)17-2/h3-4,6-7,11-12H,5,8-9H2,1-2H3/t11-,12-/m1/s1. The first-order valence-electron chi connectivity index (χ1n) is 6.50. The van der Waals surface area contributed by atoms with Gasteiger partial charge in [0.05, 0.1) is 23.6 Å². The van der Waals surface area contributed by atoms with Crippen LogP contribution < -0.4 is 0 Å². The number of imidazole rings is 1. The minimum absolute atomic E-state index is 0.197. The first kappa shape index (κ1) is 12.8. The topological polar surface area (TPSA) is 36.3 Å². The van der Waals surface area contributed by atoms with Crippen LogP contribution in [0.1, 0.15) is 17.3 Å². The van der Waals surface area contributed by atoms with Crippen LogP contribution >= 0.6 is 11.3 Å². The highest BCUT2D eigenvalue weighted by atomic mass is 32.1. The van der Waals surface area contributed by atoms with Crippen molar-refractivity contribution < 1.29 is 9.47 Å². The number of thiophene rings is 1. The fourth-order valence-electron chi connectivity index (χ4n) is 2.56. The Kier molecular flexibility index (Phi) is 3.68. The Morgan fingerprint density at radius 3 is 3.11 bits per heavy atom. The minimum atomic E-state index is 0.197. The highest BCUT2D eigenvalue weighted by Crippen LogP contribution is 2.31. The molecule has 5 heteroatoms. The van der Waals surface area contributed by atoms with Crippen molar-refractivity contribution in [3.8, 4) is 10.7 Å². The highest BCUT2D eigenvalue weighted by Gasteiger charge is 2.29. The van der Waals surface area contributed by atoms with Crippen molar-refractivity contribution in [2.75, 3.05) is 20.3 Å². The molecule has 1 fully saturated rings. The number of hydrogen-bond donors (Lipinski definition) is 0. The number of ether oxygens (including phenoxy) is 2. The summed E-state index contributed by atoms with van der Waals surface area (Å²) in [4.78, 5) is 7.00. The Balaban J connectivity index is 1.95. The summed E-state index contributed by atoms with van der Waals surface area (Å²) < 4.78 is 13.4. The predicted octanol–water partition coefficient (Wildman–Crippen LogP) is 2.90. The lowest BCUT2D eigenvalue weighted by Crippen LogP contribution is -2.35. The molecule has 0 spiro atoms. The molecule has 0 saturated carbocycles. The van der Waals surface area contributed by atoms with Gasteiger partial charge in [-0.3, -0.25) is 0 Å². The quantitative estimate of drug-likeness (QED) is 0.866. The Labute approximate surface area is 117 Å². The van der Waals surface area contributed by atoms with Crippen LogP contribution in [0.3, 0.4) is 0 Å². The van der Waals surface area contributed by atoms with Gasteiger partial charge >= 0.3 is 0 Å². The molecule has 4 nitrogen and oxygen atoms in total. The van der Waals surface area contributed by atoms with E-state index in [2.05, 4.69) is 28.6 Å². The van der Waals surface area contributed by atoms with E-state index in [1.807, 2.05) is 12.4 Å². The third-order valence-corrected chi connectivity index (χ3v) is 4.55. The monoisotopic (exact) mass is 278 g/mol. The molecule has 1 aliphatic rings. The summed E-state index contributed by atoms with van der Waals surface area (Å²) in [6.07, 6.45) is 5.01. The zero-order chi connectivity index (χ0) is 13.2. The lowest BCUT2D eigenvalue weighted by Gasteiger charge is -2.32. The van der Waals surface area contributed by atoms with Crippen LogP contribution in [0.2, 0.25) is 0 Å². The second-order valence-corrected chi connectivity index (χ2v) is 6.06. The van der Waals surface area contributed by atoms with E-state index in [4.69, 9.17) is 9.47 Å². The maximum Gasteiger partial charge on any atom is 0.150 e. The molecule has 0 unspecified atom stereocenters. The Hall–Kier alpha value is -1.17. The fourth-order valence-corrected chi connectivity index (χ4v) is 3.43. The van der Waals surface area contributed by atoms with Gasteiger partial charge in [-0.25, -0.2) is 4.98 Å². The molecule has 102 valence electrons.